The predicted octanol–water partition coefficient (Wildman–Crippen LogP) is 4.51. The lowest BCUT2D eigenvalue weighted by Gasteiger charge is -2.26. The highest BCUT2D eigenvalue weighted by atomic mass is 32.1. The Bertz CT molecular complexity index is 2650. The summed E-state index contributed by atoms with van der Waals surface area (Å²) in [5, 5.41) is 10.3. The number of hydrogen-bond acceptors (Lipinski definition) is 14. The van der Waals surface area contributed by atoms with Gasteiger partial charge in [0.15, 0.2) is 15.7 Å². The van der Waals surface area contributed by atoms with Gasteiger partial charge in [-0.1, -0.05) is 12.2 Å². The van der Waals surface area contributed by atoms with Crippen molar-refractivity contribution in [2.75, 3.05) is 50.1 Å². The number of amides is 4. The number of hydrogen-bond donors (Lipinski definition) is 4. The molecule has 6 N–H and O–H groups in total. The molecule has 1 aliphatic heterocycles. The Morgan fingerprint density at radius 1 is 0.783 bits per heavy atom. The smallest absolute Gasteiger partial charge is 0.286 e. The van der Waals surface area contributed by atoms with Crippen molar-refractivity contribution in [2.45, 2.75) is 57.0 Å². The van der Waals surface area contributed by atoms with Crippen LogP contribution < -0.4 is 26.8 Å². The molecule has 3 aliphatic rings. The highest BCUT2D eigenvalue weighted by Gasteiger charge is 2.29. The summed E-state index contributed by atoms with van der Waals surface area (Å²) in [4.78, 5) is 76.8. The Morgan fingerprint density at radius 3 is 1.98 bits per heavy atom. The van der Waals surface area contributed by atoms with Gasteiger partial charge in [0.1, 0.15) is 16.8 Å². The van der Waals surface area contributed by atoms with Crippen molar-refractivity contribution in [2.24, 2.45) is 11.5 Å². The van der Waals surface area contributed by atoms with Crippen LogP contribution in [0.5, 0.6) is 5.75 Å². The number of carbonyl (C=O) groups excluding carboxylic acids is 4. The van der Waals surface area contributed by atoms with E-state index in [0.29, 0.717) is 69.6 Å². The molecule has 0 bridgehead atoms. The molecule has 310 valence electrons. The summed E-state index contributed by atoms with van der Waals surface area (Å²) in [7, 11) is 0. The number of pyridine rings is 1. The van der Waals surface area contributed by atoms with Crippen LogP contribution in [-0.4, -0.2) is 102 Å². The van der Waals surface area contributed by atoms with Crippen LogP contribution in [0, 0.1) is 0 Å². The highest BCUT2D eigenvalue weighted by molar-refractivity contribution is 7.12. The summed E-state index contributed by atoms with van der Waals surface area (Å²) in [5.41, 5.74) is 15.3. The first-order valence-electron chi connectivity index (χ1n) is 19.8. The zero-order chi connectivity index (χ0) is 41.3. The Morgan fingerprint density at radius 2 is 1.37 bits per heavy atom. The van der Waals surface area contributed by atoms with Crippen LogP contribution in [0.1, 0.15) is 95.6 Å². The van der Waals surface area contributed by atoms with Gasteiger partial charge in [0, 0.05) is 67.1 Å². The summed E-state index contributed by atoms with van der Waals surface area (Å²) in [5.74, 6) is -0.512. The maximum absolute atomic E-state index is 13.6. The topological polar surface area (TPSA) is 240 Å². The van der Waals surface area contributed by atoms with Crippen molar-refractivity contribution in [1.82, 2.24) is 39.0 Å². The van der Waals surface area contributed by atoms with Crippen molar-refractivity contribution in [3.63, 3.8) is 0 Å². The molecule has 5 aromatic heterocycles. The molecule has 0 radical (unpaired) electrons. The Kier molecular flexibility index (Phi) is 11.1. The van der Waals surface area contributed by atoms with Crippen LogP contribution in [0.3, 0.4) is 0 Å². The van der Waals surface area contributed by atoms with Gasteiger partial charge in [-0.05, 0) is 50.3 Å². The molecule has 20 heteroatoms. The van der Waals surface area contributed by atoms with Gasteiger partial charge in [-0.25, -0.2) is 24.9 Å². The van der Waals surface area contributed by atoms with Crippen molar-refractivity contribution in [3.8, 4) is 5.75 Å². The molecule has 0 unspecified atom stereocenters. The van der Waals surface area contributed by atoms with Crippen molar-refractivity contribution >= 4 is 80.4 Å². The predicted molar refractivity (Wildman–Crippen MR) is 225 cm³/mol. The summed E-state index contributed by atoms with van der Waals surface area (Å²) < 4.78 is 15.3. The molecule has 60 heavy (non-hydrogen) atoms. The van der Waals surface area contributed by atoms with Gasteiger partial charge in [-0.2, -0.15) is 0 Å². The number of aromatic nitrogens is 7. The molecule has 1 aromatic carbocycles. The summed E-state index contributed by atoms with van der Waals surface area (Å²) in [6, 6.07) is 4.71. The molecule has 3 fully saturated rings. The fourth-order valence-corrected chi connectivity index (χ4v) is 8.64. The number of rotatable bonds is 17. The first-order chi connectivity index (χ1) is 29.2. The van der Waals surface area contributed by atoms with Gasteiger partial charge in [0.2, 0.25) is 23.7 Å². The van der Waals surface area contributed by atoms with E-state index in [-0.39, 0.29) is 36.1 Å². The average Bonchev–Trinajstić information content (AvgIpc) is 4.09. The van der Waals surface area contributed by atoms with E-state index in [4.69, 9.17) is 25.9 Å². The van der Waals surface area contributed by atoms with Crippen LogP contribution in [0.2, 0.25) is 0 Å². The van der Waals surface area contributed by atoms with Crippen LogP contribution in [0.25, 0.3) is 22.2 Å². The Labute approximate surface area is 351 Å². The number of carbonyl (C=O) groups is 4. The van der Waals surface area contributed by atoms with E-state index in [0.717, 1.165) is 63.1 Å². The zero-order valence-electron chi connectivity index (χ0n) is 32.5. The van der Waals surface area contributed by atoms with E-state index >= 15 is 0 Å². The van der Waals surface area contributed by atoms with Gasteiger partial charge in [0.25, 0.3) is 11.8 Å². The molecule has 0 spiro atoms. The molecule has 9 rings (SSSR count). The minimum atomic E-state index is -0.656. The van der Waals surface area contributed by atoms with Crippen LogP contribution in [-0.2, 0) is 17.8 Å². The Balaban J connectivity index is 1.01. The first kappa shape index (κ1) is 39.4. The second-order valence-corrected chi connectivity index (χ2v) is 16.7. The number of ether oxygens (including phenoxy) is 2. The van der Waals surface area contributed by atoms with Gasteiger partial charge in [-0.15, -0.1) is 22.7 Å². The van der Waals surface area contributed by atoms with E-state index in [1.807, 2.05) is 22.9 Å². The molecule has 2 aliphatic carbocycles. The monoisotopic (exact) mass is 850 g/mol. The molecule has 6 heterocycles. The number of morpholine rings is 1. The summed E-state index contributed by atoms with van der Waals surface area (Å²) in [6.45, 7) is 4.67. The molecular formula is C40H42N12O6S2. The van der Waals surface area contributed by atoms with Gasteiger partial charge >= 0.3 is 0 Å². The third-order valence-electron chi connectivity index (χ3n) is 10.6. The molecule has 0 atom stereocenters. The molecule has 6 aromatic rings. The lowest BCUT2D eigenvalue weighted by molar-refractivity contribution is 0.0358. The largest absolute Gasteiger partial charge is 0.491 e. The normalized spacial score (nSPS) is 15.9. The highest BCUT2D eigenvalue weighted by Crippen LogP contribution is 2.41. The number of nitrogens with two attached hydrogens (primary N) is 2. The van der Waals surface area contributed by atoms with Crippen LogP contribution >= 0.6 is 22.7 Å². The van der Waals surface area contributed by atoms with E-state index < -0.39 is 23.6 Å². The molecule has 2 saturated carbocycles. The lowest BCUT2D eigenvalue weighted by Crippen LogP contribution is -2.37. The zero-order valence-corrected chi connectivity index (χ0v) is 34.1. The molecular weight excluding hydrogens is 809 g/mol. The number of anilines is 2. The molecule has 1 saturated heterocycles. The number of fused-ring (bicyclic) bond motifs is 2. The number of imidazole rings is 2. The van der Waals surface area contributed by atoms with E-state index in [1.165, 1.54) is 34.9 Å². The van der Waals surface area contributed by atoms with Crippen molar-refractivity contribution < 1.29 is 28.7 Å². The number of primary amides is 2. The number of nitrogens with one attached hydrogen (secondary N) is 2. The molecule has 4 amide bonds. The second kappa shape index (κ2) is 16.9. The minimum Gasteiger partial charge on any atom is -0.491 e. The quantitative estimate of drug-likeness (QED) is 0.0733. The average molecular weight is 851 g/mol. The third kappa shape index (κ3) is 8.62. The van der Waals surface area contributed by atoms with Crippen LogP contribution in [0.15, 0.2) is 47.3 Å². The maximum Gasteiger partial charge on any atom is 0.286 e. The maximum atomic E-state index is 13.6. The lowest BCUT2D eigenvalue weighted by atomic mass is 10.1. The summed E-state index contributed by atoms with van der Waals surface area (Å²) in [6.07, 6.45) is 10.1. The first-order valence-corrected chi connectivity index (χ1v) is 21.6. The number of allylic oxidation sites excluding steroid dienone is 2. The van der Waals surface area contributed by atoms with Crippen molar-refractivity contribution in [1.29, 1.82) is 0 Å². The number of nitrogens with zero attached hydrogens (tertiary/aromatic N) is 8. The number of thiazole rings is 2. The summed E-state index contributed by atoms with van der Waals surface area (Å²) >= 11 is 2.55. The SMILES string of the molecule is NC(=O)c1cnc2c(c1)nc(NC(=O)c1nc(C3CC3)cs1)n2C/C=C/Cn1c(NC(=O)c2nc(C3CC3)cs2)nc2cc(C(N)=O)cc(OCCCN3CCOCC3)c21. The van der Waals surface area contributed by atoms with Gasteiger partial charge in [-0.3, -0.25) is 39.3 Å². The van der Waals surface area contributed by atoms with E-state index in [1.54, 1.807) is 21.3 Å². The Hall–Kier alpha value is -6.09. The van der Waals surface area contributed by atoms with Gasteiger partial charge in [0.05, 0.1) is 42.3 Å². The standard InChI is InChI=1S/C40H42N12O6S2/c41-32(53)24-16-26-31(30(18-24)58-13-3-8-50-11-14-57-15-12-50)51(39(46-26)48-35(55)37-44-28(20-59-37)22-4-5-22)9-1-2-10-52-34-27(17-25(19-43-34)33(42)54)47-40(52)49-36(56)38-45-29(21-60-38)23-6-7-23/h1-2,16-23H,3-15H2,(H2,41,53)(H2,42,54)(H,46,48,55)(H,47,49,56)/b2-1+. The fourth-order valence-electron chi connectivity index (χ4n) is 7.05. The van der Waals surface area contributed by atoms with E-state index in [2.05, 4.69) is 35.5 Å². The fraction of sp³-hybridized carbons (Fsp3) is 0.375. The second-order valence-electron chi connectivity index (χ2n) is 15.0. The minimum absolute atomic E-state index is 0.177. The third-order valence-corrected chi connectivity index (χ3v) is 12.3. The van der Waals surface area contributed by atoms with Crippen molar-refractivity contribution in [3.05, 3.63) is 79.8 Å². The van der Waals surface area contributed by atoms with E-state index in [9.17, 15) is 19.2 Å². The van der Waals surface area contributed by atoms with Crippen LogP contribution in [0.4, 0.5) is 11.9 Å². The number of benzene rings is 1. The molecule has 18 nitrogen and oxygen atoms in total. The van der Waals surface area contributed by atoms with Gasteiger partial charge < -0.3 is 25.5 Å².